The molecule has 0 saturated carbocycles. The maximum absolute atomic E-state index is 11.7. The minimum absolute atomic E-state index is 0.214. The van der Waals surface area contributed by atoms with E-state index in [9.17, 15) is 4.79 Å². The van der Waals surface area contributed by atoms with Crippen LogP contribution >= 0.6 is 11.8 Å². The van der Waals surface area contributed by atoms with Crippen molar-refractivity contribution in [3.8, 4) is 23.3 Å². The summed E-state index contributed by atoms with van der Waals surface area (Å²) in [6, 6.07) is 14.1. The van der Waals surface area contributed by atoms with Crippen LogP contribution in [0.2, 0.25) is 0 Å². The van der Waals surface area contributed by atoms with E-state index >= 15 is 0 Å². The molecule has 0 spiro atoms. The average molecular weight is 381 g/mol. The highest BCUT2D eigenvalue weighted by molar-refractivity contribution is 7.99. The van der Waals surface area contributed by atoms with Gasteiger partial charge in [0.2, 0.25) is 0 Å². The molecule has 2 aromatic rings. The first-order valence-electron chi connectivity index (χ1n) is 9.13. The molecule has 0 saturated heterocycles. The van der Waals surface area contributed by atoms with E-state index in [1.165, 1.54) is 10.5 Å². The van der Waals surface area contributed by atoms with Crippen molar-refractivity contribution in [2.75, 3.05) is 12.5 Å². The SMILES string of the molecule is CCOc1c(C#CCC2NCSc3ccccc32)cccc1OC(=O)CC. The number of para-hydroxylation sites is 1. The summed E-state index contributed by atoms with van der Waals surface area (Å²) in [6.45, 7) is 4.14. The van der Waals surface area contributed by atoms with E-state index in [-0.39, 0.29) is 12.0 Å². The van der Waals surface area contributed by atoms with Gasteiger partial charge in [-0.15, -0.1) is 11.8 Å². The molecule has 0 aliphatic carbocycles. The lowest BCUT2D eigenvalue weighted by molar-refractivity contribution is -0.134. The summed E-state index contributed by atoms with van der Waals surface area (Å²) in [5, 5.41) is 3.51. The second kappa shape index (κ2) is 9.50. The lowest BCUT2D eigenvalue weighted by Crippen LogP contribution is -2.24. The van der Waals surface area contributed by atoms with Crippen LogP contribution in [0.4, 0.5) is 0 Å². The fourth-order valence-electron chi connectivity index (χ4n) is 2.84. The van der Waals surface area contributed by atoms with Crippen LogP contribution in [-0.4, -0.2) is 18.5 Å². The highest BCUT2D eigenvalue weighted by Crippen LogP contribution is 2.34. The Kier molecular flexibility index (Phi) is 6.80. The third-order valence-corrected chi connectivity index (χ3v) is 5.15. The second-order valence-electron chi connectivity index (χ2n) is 5.98. The van der Waals surface area contributed by atoms with Gasteiger partial charge >= 0.3 is 5.97 Å². The molecule has 4 nitrogen and oxygen atoms in total. The maximum atomic E-state index is 11.7. The molecule has 0 aromatic heterocycles. The maximum Gasteiger partial charge on any atom is 0.311 e. The largest absolute Gasteiger partial charge is 0.489 e. The molecule has 1 aliphatic heterocycles. The smallest absolute Gasteiger partial charge is 0.311 e. The third kappa shape index (κ3) is 4.85. The van der Waals surface area contributed by atoms with Crippen LogP contribution in [-0.2, 0) is 4.79 Å². The number of hydrogen-bond acceptors (Lipinski definition) is 5. The minimum Gasteiger partial charge on any atom is -0.489 e. The first kappa shape index (κ1) is 19.3. The molecular weight excluding hydrogens is 358 g/mol. The fourth-order valence-corrected chi connectivity index (χ4v) is 3.83. The Bertz CT molecular complexity index is 869. The Hall–Kier alpha value is -2.42. The number of carbonyl (C=O) groups is 1. The number of fused-ring (bicyclic) bond motifs is 1. The number of ether oxygens (including phenoxy) is 2. The van der Waals surface area contributed by atoms with Crippen LogP contribution in [0.25, 0.3) is 0 Å². The standard InChI is InChI=1S/C22H23NO3S/c1-3-21(24)26-19-13-8-10-16(22(19)25-4-2)9-7-12-18-17-11-5-6-14-20(17)27-15-23-18/h5-6,8,10-11,13-14,18,23H,3-4,12,15H2,1-2H3. The van der Waals surface area contributed by atoms with Crippen molar-refractivity contribution in [2.45, 2.75) is 37.6 Å². The lowest BCUT2D eigenvalue weighted by atomic mass is 10.0. The molecule has 1 heterocycles. The lowest BCUT2D eigenvalue weighted by Gasteiger charge is -2.24. The summed E-state index contributed by atoms with van der Waals surface area (Å²) < 4.78 is 11.1. The van der Waals surface area contributed by atoms with Crippen molar-refractivity contribution in [3.63, 3.8) is 0 Å². The minimum atomic E-state index is -0.290. The van der Waals surface area contributed by atoms with Gasteiger partial charge in [-0.3, -0.25) is 10.1 Å². The summed E-state index contributed by atoms with van der Waals surface area (Å²) in [7, 11) is 0. The van der Waals surface area contributed by atoms with E-state index < -0.39 is 0 Å². The topological polar surface area (TPSA) is 47.6 Å². The van der Waals surface area contributed by atoms with Crippen LogP contribution in [0.5, 0.6) is 11.5 Å². The predicted molar refractivity (Wildman–Crippen MR) is 108 cm³/mol. The molecule has 1 unspecified atom stereocenters. The van der Waals surface area contributed by atoms with E-state index in [1.807, 2.05) is 30.8 Å². The molecule has 27 heavy (non-hydrogen) atoms. The molecule has 140 valence electrons. The highest BCUT2D eigenvalue weighted by Gasteiger charge is 2.18. The van der Waals surface area contributed by atoms with Crippen molar-refractivity contribution >= 4 is 17.7 Å². The van der Waals surface area contributed by atoms with Crippen LogP contribution in [0.3, 0.4) is 0 Å². The van der Waals surface area contributed by atoms with Gasteiger partial charge in [0.05, 0.1) is 12.2 Å². The molecule has 0 fully saturated rings. The van der Waals surface area contributed by atoms with Gasteiger partial charge in [-0.2, -0.15) is 0 Å². The quantitative estimate of drug-likeness (QED) is 0.468. The van der Waals surface area contributed by atoms with Crippen LogP contribution < -0.4 is 14.8 Å². The molecule has 0 bridgehead atoms. The van der Waals surface area contributed by atoms with Crippen LogP contribution in [0.15, 0.2) is 47.4 Å². The van der Waals surface area contributed by atoms with Crippen molar-refractivity contribution in [2.24, 2.45) is 0 Å². The number of nitrogens with one attached hydrogen (secondary N) is 1. The van der Waals surface area contributed by atoms with Crippen molar-refractivity contribution in [1.29, 1.82) is 0 Å². The first-order chi connectivity index (χ1) is 13.2. The molecule has 0 amide bonds. The molecule has 1 aliphatic rings. The molecule has 3 rings (SSSR count). The zero-order valence-electron chi connectivity index (χ0n) is 15.6. The van der Waals surface area contributed by atoms with Gasteiger partial charge in [0, 0.05) is 29.7 Å². The van der Waals surface area contributed by atoms with Gasteiger partial charge in [0.25, 0.3) is 0 Å². The van der Waals surface area contributed by atoms with E-state index in [1.54, 1.807) is 13.0 Å². The highest BCUT2D eigenvalue weighted by atomic mass is 32.2. The zero-order chi connectivity index (χ0) is 19.1. The summed E-state index contributed by atoms with van der Waals surface area (Å²) in [6.07, 6.45) is 1.01. The first-order valence-corrected chi connectivity index (χ1v) is 10.1. The van der Waals surface area contributed by atoms with Crippen molar-refractivity contribution < 1.29 is 14.3 Å². The molecule has 1 N–H and O–H groups in total. The Morgan fingerprint density at radius 3 is 2.89 bits per heavy atom. The molecule has 2 aromatic carbocycles. The van der Waals surface area contributed by atoms with E-state index in [4.69, 9.17) is 9.47 Å². The van der Waals surface area contributed by atoms with Gasteiger partial charge in [-0.05, 0) is 30.7 Å². The van der Waals surface area contributed by atoms with Gasteiger partial charge < -0.3 is 9.47 Å². The van der Waals surface area contributed by atoms with Gasteiger partial charge in [0.1, 0.15) is 0 Å². The molecular formula is C22H23NO3S. The van der Waals surface area contributed by atoms with Gasteiger partial charge in [0.15, 0.2) is 11.5 Å². The summed E-state index contributed by atoms with van der Waals surface area (Å²) >= 11 is 1.81. The number of esters is 1. The molecule has 5 heteroatoms. The number of rotatable bonds is 5. The summed E-state index contributed by atoms with van der Waals surface area (Å²) in [4.78, 5) is 13.0. The van der Waals surface area contributed by atoms with Crippen molar-refractivity contribution in [1.82, 2.24) is 5.32 Å². The monoisotopic (exact) mass is 381 g/mol. The van der Waals surface area contributed by atoms with Gasteiger partial charge in [-0.1, -0.05) is 43.0 Å². The van der Waals surface area contributed by atoms with Crippen molar-refractivity contribution in [3.05, 3.63) is 53.6 Å². The Morgan fingerprint density at radius 1 is 1.22 bits per heavy atom. The van der Waals surface area contributed by atoms with Gasteiger partial charge in [-0.25, -0.2) is 0 Å². The third-order valence-electron chi connectivity index (χ3n) is 4.16. The number of benzene rings is 2. The number of hydrogen-bond donors (Lipinski definition) is 1. The van der Waals surface area contributed by atoms with E-state index in [0.717, 1.165) is 11.4 Å². The van der Waals surface area contributed by atoms with Crippen LogP contribution in [0, 0.1) is 11.8 Å². The second-order valence-corrected chi connectivity index (χ2v) is 7.00. The van der Waals surface area contributed by atoms with E-state index in [0.29, 0.717) is 30.9 Å². The molecule has 0 radical (unpaired) electrons. The summed E-state index contributed by atoms with van der Waals surface area (Å²) in [5.41, 5.74) is 2.02. The van der Waals surface area contributed by atoms with E-state index in [2.05, 4.69) is 41.4 Å². The zero-order valence-corrected chi connectivity index (χ0v) is 16.4. The normalized spacial score (nSPS) is 15.3. The fraction of sp³-hybridized carbons (Fsp3) is 0.318. The average Bonchev–Trinajstić information content (AvgIpc) is 2.70. The van der Waals surface area contributed by atoms with Crippen LogP contribution in [0.1, 0.15) is 43.9 Å². The molecule has 1 atom stereocenters. The Balaban J connectivity index is 1.80. The summed E-state index contributed by atoms with van der Waals surface area (Å²) in [5.74, 6) is 8.01. The Labute approximate surface area is 164 Å². The number of carbonyl (C=O) groups excluding carboxylic acids is 1. The predicted octanol–water partition coefficient (Wildman–Crippen LogP) is 4.54. The Morgan fingerprint density at radius 2 is 2.07 bits per heavy atom. The number of thioether (sulfide) groups is 1.